The van der Waals surface area contributed by atoms with E-state index >= 15 is 0 Å². The molecule has 1 aromatic heterocycles. The van der Waals surface area contributed by atoms with E-state index in [1.54, 1.807) is 6.92 Å². The summed E-state index contributed by atoms with van der Waals surface area (Å²) in [6.45, 7) is 3.66. The van der Waals surface area contributed by atoms with Crippen molar-refractivity contribution < 1.29 is 9.32 Å². The average molecular weight is 285 g/mol. The van der Waals surface area contributed by atoms with Gasteiger partial charge in [0.2, 0.25) is 0 Å². The minimum atomic E-state index is -0.0977. The molecule has 1 fully saturated rings. The molecule has 21 heavy (non-hydrogen) atoms. The van der Waals surface area contributed by atoms with Gasteiger partial charge in [-0.3, -0.25) is 4.79 Å². The van der Waals surface area contributed by atoms with Crippen molar-refractivity contribution in [3.63, 3.8) is 0 Å². The molecule has 1 aliphatic heterocycles. The van der Waals surface area contributed by atoms with Gasteiger partial charge in [0.15, 0.2) is 0 Å². The Hall–Kier alpha value is -2.14. The van der Waals surface area contributed by atoms with Crippen LogP contribution in [0, 0.1) is 6.92 Å². The van der Waals surface area contributed by atoms with Crippen molar-refractivity contribution in [3.05, 3.63) is 41.7 Å². The second kappa shape index (κ2) is 6.10. The highest BCUT2D eigenvalue weighted by atomic mass is 16.5. The molecule has 1 aromatic carbocycles. The summed E-state index contributed by atoms with van der Waals surface area (Å²) in [5.74, 6) is 0.458. The number of piperidine rings is 1. The Bertz CT molecular complexity index is 616. The van der Waals surface area contributed by atoms with Crippen molar-refractivity contribution in [1.82, 2.24) is 15.8 Å². The van der Waals surface area contributed by atoms with Crippen LogP contribution in [0.5, 0.6) is 0 Å². The standard InChI is InChI=1S/C16H19N3O2/c1-11-14(16(20)18-13-7-9-17-10-8-13)15(19-21-11)12-5-3-2-4-6-12/h2-6,13,17H,7-10H2,1H3,(H,18,20). The molecule has 0 radical (unpaired) electrons. The van der Waals surface area contributed by atoms with Crippen LogP contribution in [0.15, 0.2) is 34.9 Å². The van der Waals surface area contributed by atoms with E-state index in [9.17, 15) is 4.79 Å². The van der Waals surface area contributed by atoms with Crippen LogP contribution in [0.2, 0.25) is 0 Å². The minimum Gasteiger partial charge on any atom is -0.360 e. The molecule has 0 unspecified atom stereocenters. The highest BCUT2D eigenvalue weighted by Gasteiger charge is 2.24. The van der Waals surface area contributed by atoms with Gasteiger partial charge in [-0.05, 0) is 32.9 Å². The molecule has 3 rings (SSSR count). The first-order valence-corrected chi connectivity index (χ1v) is 7.29. The molecule has 2 aromatic rings. The zero-order valence-corrected chi connectivity index (χ0v) is 12.1. The lowest BCUT2D eigenvalue weighted by atomic mass is 10.0. The van der Waals surface area contributed by atoms with Gasteiger partial charge in [0, 0.05) is 11.6 Å². The Balaban J connectivity index is 1.84. The van der Waals surface area contributed by atoms with E-state index in [-0.39, 0.29) is 11.9 Å². The van der Waals surface area contributed by atoms with Crippen LogP contribution in [-0.4, -0.2) is 30.2 Å². The lowest BCUT2D eigenvalue weighted by Crippen LogP contribution is -2.42. The normalized spacial score (nSPS) is 15.9. The number of rotatable bonds is 3. The van der Waals surface area contributed by atoms with Crippen molar-refractivity contribution in [2.75, 3.05) is 13.1 Å². The van der Waals surface area contributed by atoms with Crippen LogP contribution in [0.3, 0.4) is 0 Å². The van der Waals surface area contributed by atoms with Gasteiger partial charge in [-0.1, -0.05) is 35.5 Å². The summed E-state index contributed by atoms with van der Waals surface area (Å²) < 4.78 is 5.24. The van der Waals surface area contributed by atoms with Crippen LogP contribution in [0.4, 0.5) is 0 Å². The molecule has 110 valence electrons. The smallest absolute Gasteiger partial charge is 0.257 e. The molecule has 5 nitrogen and oxygen atoms in total. The number of carbonyl (C=O) groups is 1. The van der Waals surface area contributed by atoms with Crippen LogP contribution < -0.4 is 10.6 Å². The third kappa shape index (κ3) is 2.97. The summed E-state index contributed by atoms with van der Waals surface area (Å²) in [7, 11) is 0. The Kier molecular flexibility index (Phi) is 4.01. The first kappa shape index (κ1) is 13.8. The third-order valence-electron chi connectivity index (χ3n) is 3.81. The largest absolute Gasteiger partial charge is 0.360 e. The maximum absolute atomic E-state index is 12.6. The average Bonchev–Trinajstić information content (AvgIpc) is 2.91. The van der Waals surface area contributed by atoms with E-state index in [0.29, 0.717) is 17.0 Å². The van der Waals surface area contributed by atoms with Crippen molar-refractivity contribution in [2.45, 2.75) is 25.8 Å². The Morgan fingerprint density at radius 1 is 1.29 bits per heavy atom. The molecule has 0 atom stereocenters. The second-order valence-corrected chi connectivity index (χ2v) is 5.33. The van der Waals surface area contributed by atoms with Crippen LogP contribution in [0.1, 0.15) is 29.0 Å². The lowest BCUT2D eigenvalue weighted by Gasteiger charge is -2.23. The molecule has 1 amide bonds. The molecule has 5 heteroatoms. The monoisotopic (exact) mass is 285 g/mol. The van der Waals surface area contributed by atoms with E-state index in [0.717, 1.165) is 31.5 Å². The maximum Gasteiger partial charge on any atom is 0.257 e. The molecular formula is C16H19N3O2. The highest BCUT2D eigenvalue weighted by Crippen LogP contribution is 2.25. The molecule has 0 spiro atoms. The van der Waals surface area contributed by atoms with E-state index < -0.39 is 0 Å². The van der Waals surface area contributed by atoms with E-state index in [1.165, 1.54) is 0 Å². The molecule has 2 N–H and O–H groups in total. The Morgan fingerprint density at radius 3 is 2.71 bits per heavy atom. The van der Waals surface area contributed by atoms with Gasteiger partial charge in [0.25, 0.3) is 5.91 Å². The fourth-order valence-corrected chi connectivity index (χ4v) is 2.66. The van der Waals surface area contributed by atoms with E-state index in [1.807, 2.05) is 30.3 Å². The van der Waals surface area contributed by atoms with Crippen LogP contribution >= 0.6 is 0 Å². The molecule has 0 saturated carbocycles. The molecule has 1 saturated heterocycles. The highest BCUT2D eigenvalue weighted by molar-refractivity contribution is 6.00. The number of carbonyl (C=O) groups excluding carboxylic acids is 1. The Labute approximate surface area is 123 Å². The first-order valence-electron chi connectivity index (χ1n) is 7.29. The number of nitrogens with zero attached hydrogens (tertiary/aromatic N) is 1. The molecule has 0 aliphatic carbocycles. The number of hydrogen-bond acceptors (Lipinski definition) is 4. The quantitative estimate of drug-likeness (QED) is 0.906. The number of aromatic nitrogens is 1. The minimum absolute atomic E-state index is 0.0977. The fraction of sp³-hybridized carbons (Fsp3) is 0.375. The van der Waals surface area contributed by atoms with Crippen molar-refractivity contribution >= 4 is 5.91 Å². The summed E-state index contributed by atoms with van der Waals surface area (Å²) in [6, 6.07) is 9.86. The predicted octanol–water partition coefficient (Wildman–Crippen LogP) is 2.13. The van der Waals surface area contributed by atoms with Gasteiger partial charge in [-0.25, -0.2) is 0 Å². The lowest BCUT2D eigenvalue weighted by molar-refractivity contribution is 0.0928. The number of aryl methyl sites for hydroxylation is 1. The van der Waals surface area contributed by atoms with Crippen LogP contribution in [0.25, 0.3) is 11.3 Å². The van der Waals surface area contributed by atoms with Gasteiger partial charge >= 0.3 is 0 Å². The van der Waals surface area contributed by atoms with Crippen LogP contribution in [-0.2, 0) is 0 Å². The fourth-order valence-electron chi connectivity index (χ4n) is 2.66. The van der Waals surface area contributed by atoms with Crippen molar-refractivity contribution in [1.29, 1.82) is 0 Å². The molecule has 0 bridgehead atoms. The third-order valence-corrected chi connectivity index (χ3v) is 3.81. The number of amides is 1. The summed E-state index contributed by atoms with van der Waals surface area (Å²) in [6.07, 6.45) is 1.91. The first-order chi connectivity index (χ1) is 10.3. The topological polar surface area (TPSA) is 67.2 Å². The number of nitrogens with one attached hydrogen (secondary N) is 2. The van der Waals surface area contributed by atoms with Gasteiger partial charge in [-0.2, -0.15) is 0 Å². The predicted molar refractivity (Wildman–Crippen MR) is 80.0 cm³/mol. The number of benzene rings is 1. The SMILES string of the molecule is Cc1onc(-c2ccccc2)c1C(=O)NC1CCNCC1. The Morgan fingerprint density at radius 2 is 2.00 bits per heavy atom. The van der Waals surface area contributed by atoms with E-state index in [4.69, 9.17) is 4.52 Å². The van der Waals surface area contributed by atoms with E-state index in [2.05, 4.69) is 15.8 Å². The van der Waals surface area contributed by atoms with Gasteiger partial charge in [-0.15, -0.1) is 0 Å². The zero-order valence-electron chi connectivity index (χ0n) is 12.1. The summed E-state index contributed by atoms with van der Waals surface area (Å²) in [5.41, 5.74) is 2.05. The maximum atomic E-state index is 12.6. The van der Waals surface area contributed by atoms with Crippen molar-refractivity contribution in [3.8, 4) is 11.3 Å². The summed E-state index contributed by atoms with van der Waals surface area (Å²) >= 11 is 0. The zero-order chi connectivity index (χ0) is 14.7. The van der Waals surface area contributed by atoms with Gasteiger partial charge < -0.3 is 15.2 Å². The van der Waals surface area contributed by atoms with Gasteiger partial charge in [0.1, 0.15) is 17.0 Å². The molecule has 2 heterocycles. The van der Waals surface area contributed by atoms with Gasteiger partial charge in [0.05, 0.1) is 0 Å². The number of hydrogen-bond donors (Lipinski definition) is 2. The molecular weight excluding hydrogens is 266 g/mol. The summed E-state index contributed by atoms with van der Waals surface area (Å²) in [5, 5.41) is 10.4. The summed E-state index contributed by atoms with van der Waals surface area (Å²) in [4.78, 5) is 12.6. The second-order valence-electron chi connectivity index (χ2n) is 5.33. The molecule has 1 aliphatic rings. The van der Waals surface area contributed by atoms with Crippen molar-refractivity contribution in [2.24, 2.45) is 0 Å².